The van der Waals surface area contributed by atoms with E-state index in [9.17, 15) is 0 Å². The Bertz CT molecular complexity index is 233. The molecule has 0 spiro atoms. The van der Waals surface area contributed by atoms with Crippen LogP contribution in [-0.4, -0.2) is 55.5 Å². The van der Waals surface area contributed by atoms with Crippen molar-refractivity contribution in [3.8, 4) is 0 Å². The van der Waals surface area contributed by atoms with Crippen LogP contribution in [0.25, 0.3) is 0 Å². The molecule has 0 bridgehead atoms. The SMILES string of the molecule is CCC(CC)C1CN=C(N)N1CCN(C)C. The molecule has 1 aliphatic rings. The Balaban J connectivity index is 2.57. The van der Waals surface area contributed by atoms with Gasteiger partial charge in [-0.2, -0.15) is 0 Å². The Morgan fingerprint density at radius 3 is 2.56 bits per heavy atom. The van der Waals surface area contributed by atoms with Gasteiger partial charge in [-0.15, -0.1) is 0 Å². The van der Waals surface area contributed by atoms with E-state index in [0.717, 1.165) is 25.6 Å². The highest BCUT2D eigenvalue weighted by atomic mass is 15.3. The summed E-state index contributed by atoms with van der Waals surface area (Å²) in [5, 5.41) is 0. The highest BCUT2D eigenvalue weighted by molar-refractivity contribution is 5.80. The van der Waals surface area contributed by atoms with Crippen LogP contribution in [0.2, 0.25) is 0 Å². The van der Waals surface area contributed by atoms with Crippen molar-refractivity contribution in [1.82, 2.24) is 9.80 Å². The first-order chi connectivity index (χ1) is 7.60. The normalized spacial score (nSPS) is 21.0. The summed E-state index contributed by atoms with van der Waals surface area (Å²) in [5.74, 6) is 1.45. The van der Waals surface area contributed by atoms with Crippen molar-refractivity contribution in [2.45, 2.75) is 32.7 Å². The van der Waals surface area contributed by atoms with E-state index in [1.165, 1.54) is 12.8 Å². The summed E-state index contributed by atoms with van der Waals surface area (Å²) in [6, 6.07) is 0.523. The minimum Gasteiger partial charge on any atom is -0.370 e. The van der Waals surface area contributed by atoms with E-state index in [2.05, 4.69) is 42.7 Å². The molecule has 2 N–H and O–H groups in total. The minimum absolute atomic E-state index is 0.523. The maximum Gasteiger partial charge on any atom is 0.191 e. The zero-order chi connectivity index (χ0) is 12.1. The van der Waals surface area contributed by atoms with E-state index in [-0.39, 0.29) is 0 Å². The third-order valence-electron chi connectivity index (χ3n) is 3.52. The summed E-state index contributed by atoms with van der Waals surface area (Å²) in [6.07, 6.45) is 2.42. The molecule has 4 heteroatoms. The van der Waals surface area contributed by atoms with Gasteiger partial charge >= 0.3 is 0 Å². The molecule has 0 aromatic rings. The topological polar surface area (TPSA) is 44.9 Å². The third-order valence-corrected chi connectivity index (χ3v) is 3.52. The van der Waals surface area contributed by atoms with Gasteiger partial charge in [-0.1, -0.05) is 26.7 Å². The molecule has 0 saturated carbocycles. The molecule has 0 amide bonds. The average molecular weight is 226 g/mol. The molecule has 0 aromatic carbocycles. The van der Waals surface area contributed by atoms with Gasteiger partial charge < -0.3 is 15.5 Å². The zero-order valence-corrected chi connectivity index (χ0v) is 11.1. The third kappa shape index (κ3) is 3.11. The largest absolute Gasteiger partial charge is 0.370 e. The molecule has 1 heterocycles. The first-order valence-electron chi connectivity index (χ1n) is 6.31. The second kappa shape index (κ2) is 6.09. The van der Waals surface area contributed by atoms with Crippen LogP contribution in [0.4, 0.5) is 0 Å². The van der Waals surface area contributed by atoms with Gasteiger partial charge in [0.1, 0.15) is 0 Å². The highest BCUT2D eigenvalue weighted by Crippen LogP contribution is 2.22. The summed E-state index contributed by atoms with van der Waals surface area (Å²) in [4.78, 5) is 8.87. The quantitative estimate of drug-likeness (QED) is 0.734. The van der Waals surface area contributed by atoms with Gasteiger partial charge in [0, 0.05) is 13.1 Å². The van der Waals surface area contributed by atoms with E-state index in [0.29, 0.717) is 12.0 Å². The fraction of sp³-hybridized carbons (Fsp3) is 0.917. The zero-order valence-electron chi connectivity index (χ0n) is 11.1. The predicted molar refractivity (Wildman–Crippen MR) is 69.6 cm³/mol. The fourth-order valence-electron chi connectivity index (χ4n) is 2.37. The van der Waals surface area contributed by atoms with Crippen molar-refractivity contribution in [2.24, 2.45) is 16.6 Å². The van der Waals surface area contributed by atoms with Crippen molar-refractivity contribution >= 4 is 5.96 Å². The molecule has 0 aromatic heterocycles. The minimum atomic E-state index is 0.523. The van der Waals surface area contributed by atoms with Crippen LogP contribution in [0.15, 0.2) is 4.99 Å². The molecule has 0 radical (unpaired) electrons. The van der Waals surface area contributed by atoms with Crippen molar-refractivity contribution in [3.63, 3.8) is 0 Å². The number of nitrogens with zero attached hydrogens (tertiary/aromatic N) is 3. The van der Waals surface area contributed by atoms with Crippen LogP contribution in [0, 0.1) is 5.92 Å². The summed E-state index contributed by atoms with van der Waals surface area (Å²) in [7, 11) is 4.19. The van der Waals surface area contributed by atoms with Gasteiger partial charge in [0.25, 0.3) is 0 Å². The van der Waals surface area contributed by atoms with Crippen molar-refractivity contribution < 1.29 is 0 Å². The predicted octanol–water partition coefficient (Wildman–Crippen LogP) is 0.983. The lowest BCUT2D eigenvalue weighted by molar-refractivity contribution is 0.220. The molecule has 1 rings (SSSR count). The maximum absolute atomic E-state index is 5.96. The first kappa shape index (κ1) is 13.3. The number of hydrogen-bond donors (Lipinski definition) is 1. The Morgan fingerprint density at radius 1 is 1.44 bits per heavy atom. The number of likely N-dealkylation sites (N-methyl/N-ethyl adjacent to an activating group) is 1. The lowest BCUT2D eigenvalue weighted by Gasteiger charge is -2.32. The summed E-state index contributed by atoms with van der Waals surface area (Å²) in [6.45, 7) is 7.42. The van der Waals surface area contributed by atoms with Crippen LogP contribution in [-0.2, 0) is 0 Å². The van der Waals surface area contributed by atoms with Gasteiger partial charge in [-0.25, -0.2) is 0 Å². The van der Waals surface area contributed by atoms with Gasteiger partial charge in [0.15, 0.2) is 5.96 Å². The number of nitrogens with two attached hydrogens (primary N) is 1. The van der Waals surface area contributed by atoms with Crippen LogP contribution in [0.5, 0.6) is 0 Å². The van der Waals surface area contributed by atoms with Crippen molar-refractivity contribution in [2.75, 3.05) is 33.7 Å². The molecule has 16 heavy (non-hydrogen) atoms. The number of aliphatic imine (C=N–C) groups is 1. The molecule has 0 aliphatic carbocycles. The van der Waals surface area contributed by atoms with Gasteiger partial charge in [-0.05, 0) is 20.0 Å². The standard InChI is InChI=1S/C12H26N4/c1-5-10(6-2)11-9-14-12(13)16(11)8-7-15(3)4/h10-11H,5-9H2,1-4H3,(H2,13,14). The molecular weight excluding hydrogens is 200 g/mol. The van der Waals surface area contributed by atoms with Crippen LogP contribution >= 0.6 is 0 Å². The molecule has 1 atom stereocenters. The molecule has 0 saturated heterocycles. The number of guanidine groups is 1. The average Bonchev–Trinajstić information content (AvgIpc) is 2.59. The number of rotatable bonds is 6. The van der Waals surface area contributed by atoms with Crippen LogP contribution < -0.4 is 5.73 Å². The lowest BCUT2D eigenvalue weighted by atomic mass is 9.93. The fourth-order valence-corrected chi connectivity index (χ4v) is 2.37. The van der Waals surface area contributed by atoms with E-state index >= 15 is 0 Å². The summed E-state index contributed by atoms with van der Waals surface area (Å²) in [5.41, 5.74) is 5.96. The summed E-state index contributed by atoms with van der Waals surface area (Å²) >= 11 is 0. The van der Waals surface area contributed by atoms with Gasteiger partial charge in [0.05, 0.1) is 12.6 Å². The Hall–Kier alpha value is -0.770. The van der Waals surface area contributed by atoms with E-state index in [1.54, 1.807) is 0 Å². The Morgan fingerprint density at radius 2 is 2.06 bits per heavy atom. The highest BCUT2D eigenvalue weighted by Gasteiger charge is 2.30. The van der Waals surface area contributed by atoms with E-state index < -0.39 is 0 Å². The molecular formula is C12H26N4. The molecule has 1 unspecified atom stereocenters. The second-order valence-electron chi connectivity index (χ2n) is 4.84. The van der Waals surface area contributed by atoms with Gasteiger partial charge in [-0.3, -0.25) is 4.99 Å². The Labute approximate surface area is 99.5 Å². The second-order valence-corrected chi connectivity index (χ2v) is 4.84. The molecule has 0 fully saturated rings. The maximum atomic E-state index is 5.96. The van der Waals surface area contributed by atoms with E-state index in [4.69, 9.17) is 5.73 Å². The smallest absolute Gasteiger partial charge is 0.191 e. The van der Waals surface area contributed by atoms with Crippen molar-refractivity contribution in [3.05, 3.63) is 0 Å². The lowest BCUT2D eigenvalue weighted by Crippen LogP contribution is -2.47. The molecule has 1 aliphatic heterocycles. The molecule has 94 valence electrons. The summed E-state index contributed by atoms with van der Waals surface area (Å²) < 4.78 is 0. The van der Waals surface area contributed by atoms with E-state index in [1.807, 2.05) is 0 Å². The monoisotopic (exact) mass is 226 g/mol. The molecule has 4 nitrogen and oxygen atoms in total. The van der Waals surface area contributed by atoms with Crippen LogP contribution in [0.1, 0.15) is 26.7 Å². The van der Waals surface area contributed by atoms with Crippen LogP contribution in [0.3, 0.4) is 0 Å². The van der Waals surface area contributed by atoms with Gasteiger partial charge in [0.2, 0.25) is 0 Å². The number of hydrogen-bond acceptors (Lipinski definition) is 4. The van der Waals surface area contributed by atoms with Crippen molar-refractivity contribution in [1.29, 1.82) is 0 Å². The first-order valence-corrected chi connectivity index (χ1v) is 6.31. The Kier molecular flexibility index (Phi) is 5.06.